The van der Waals surface area contributed by atoms with Gasteiger partial charge in [-0.05, 0) is 32.2 Å². The predicted octanol–water partition coefficient (Wildman–Crippen LogP) is 3.18. The van der Waals surface area contributed by atoms with Crippen molar-refractivity contribution in [3.8, 4) is 0 Å². The molecule has 0 aliphatic carbocycles. The second kappa shape index (κ2) is 10.4. The van der Waals surface area contributed by atoms with Gasteiger partial charge in [0.1, 0.15) is 0 Å². The first-order chi connectivity index (χ1) is 8.50. The van der Waals surface area contributed by atoms with Gasteiger partial charge >= 0.3 is 0 Å². The van der Waals surface area contributed by atoms with E-state index < -0.39 is 0 Å². The summed E-state index contributed by atoms with van der Waals surface area (Å²) in [6.45, 7) is 7.24. The average Bonchev–Trinajstić information content (AvgIpc) is 2.35. The van der Waals surface area contributed by atoms with Crippen LogP contribution in [0.2, 0.25) is 0 Å². The number of amides is 1. The minimum atomic E-state index is 0.290. The molecule has 0 saturated carbocycles. The van der Waals surface area contributed by atoms with E-state index in [1.54, 1.807) is 0 Å². The van der Waals surface area contributed by atoms with Gasteiger partial charge < -0.3 is 10.6 Å². The Kier molecular flexibility index (Phi) is 10.0. The molecule has 3 nitrogen and oxygen atoms in total. The molecule has 18 heavy (non-hydrogen) atoms. The molecular weight excluding hydrogens is 224 g/mol. The third-order valence-electron chi connectivity index (χ3n) is 3.81. The van der Waals surface area contributed by atoms with Crippen LogP contribution >= 0.6 is 0 Å². The van der Waals surface area contributed by atoms with Gasteiger partial charge in [0.2, 0.25) is 5.91 Å². The average molecular weight is 256 g/mol. The second-order valence-electron chi connectivity index (χ2n) is 5.65. The van der Waals surface area contributed by atoms with Gasteiger partial charge in [0.15, 0.2) is 0 Å². The van der Waals surface area contributed by atoms with Crippen molar-refractivity contribution in [1.29, 1.82) is 0 Å². The molecule has 0 heterocycles. The Morgan fingerprint density at radius 2 is 1.50 bits per heavy atom. The number of unbranched alkanes of at least 4 members (excludes halogenated alkanes) is 5. The van der Waals surface area contributed by atoms with Crippen molar-refractivity contribution >= 4 is 5.91 Å². The molecule has 0 radical (unpaired) electrons. The second-order valence-corrected chi connectivity index (χ2v) is 5.65. The summed E-state index contributed by atoms with van der Waals surface area (Å²) in [5.74, 6) is 0.813. The molecule has 0 aromatic carbocycles. The number of carbonyl (C=O) groups excluding carboxylic acids is 1. The van der Waals surface area contributed by atoms with Crippen molar-refractivity contribution in [2.75, 3.05) is 13.6 Å². The SMILES string of the molecule is CC(C)C(C)N(C)C(=O)CCCCCCCCN. The number of nitrogens with zero attached hydrogens (tertiary/aromatic N) is 1. The zero-order chi connectivity index (χ0) is 14.0. The van der Waals surface area contributed by atoms with E-state index in [0.29, 0.717) is 18.4 Å². The van der Waals surface area contributed by atoms with E-state index in [-0.39, 0.29) is 5.91 Å². The van der Waals surface area contributed by atoms with Crippen LogP contribution in [-0.4, -0.2) is 30.4 Å². The number of nitrogens with two attached hydrogens (primary N) is 1. The lowest BCUT2D eigenvalue weighted by molar-refractivity contribution is -0.132. The van der Waals surface area contributed by atoms with E-state index in [9.17, 15) is 4.79 Å². The monoisotopic (exact) mass is 256 g/mol. The molecule has 0 aromatic rings. The summed E-state index contributed by atoms with van der Waals surface area (Å²) in [7, 11) is 1.92. The molecular formula is C15H32N2O. The molecule has 1 amide bonds. The van der Waals surface area contributed by atoms with Crippen molar-refractivity contribution in [1.82, 2.24) is 4.90 Å². The molecule has 0 aliphatic heterocycles. The molecule has 0 aliphatic rings. The van der Waals surface area contributed by atoms with Crippen LogP contribution in [0, 0.1) is 5.92 Å². The fraction of sp³-hybridized carbons (Fsp3) is 0.933. The first kappa shape index (κ1) is 17.4. The van der Waals surface area contributed by atoms with E-state index >= 15 is 0 Å². The molecule has 0 saturated heterocycles. The van der Waals surface area contributed by atoms with Gasteiger partial charge in [-0.1, -0.05) is 39.5 Å². The Labute approximate surface area is 113 Å². The molecule has 1 atom stereocenters. The third-order valence-corrected chi connectivity index (χ3v) is 3.81. The molecule has 0 aromatic heterocycles. The summed E-state index contributed by atoms with van der Waals surface area (Å²) in [4.78, 5) is 13.8. The van der Waals surface area contributed by atoms with Crippen molar-refractivity contribution in [3.05, 3.63) is 0 Å². The Morgan fingerprint density at radius 3 is 2.00 bits per heavy atom. The third kappa shape index (κ3) is 7.70. The van der Waals surface area contributed by atoms with Gasteiger partial charge in [-0.15, -0.1) is 0 Å². The highest BCUT2D eigenvalue weighted by atomic mass is 16.2. The molecule has 0 rings (SSSR count). The highest BCUT2D eigenvalue weighted by Crippen LogP contribution is 2.12. The molecule has 3 heteroatoms. The Bertz CT molecular complexity index is 217. The van der Waals surface area contributed by atoms with Gasteiger partial charge in [0, 0.05) is 19.5 Å². The summed E-state index contributed by atoms with van der Waals surface area (Å²) >= 11 is 0. The smallest absolute Gasteiger partial charge is 0.222 e. The van der Waals surface area contributed by atoms with Crippen molar-refractivity contribution in [2.45, 2.75) is 71.8 Å². The first-order valence-electron chi connectivity index (χ1n) is 7.46. The highest BCUT2D eigenvalue weighted by Gasteiger charge is 2.17. The number of hydrogen-bond acceptors (Lipinski definition) is 2. The lowest BCUT2D eigenvalue weighted by atomic mass is 10.0. The van der Waals surface area contributed by atoms with Crippen LogP contribution in [0.15, 0.2) is 0 Å². The van der Waals surface area contributed by atoms with E-state index in [1.165, 1.54) is 25.7 Å². The molecule has 2 N–H and O–H groups in total. The number of hydrogen-bond donors (Lipinski definition) is 1. The quantitative estimate of drug-likeness (QED) is 0.610. The molecule has 0 spiro atoms. The van der Waals surface area contributed by atoms with E-state index in [2.05, 4.69) is 20.8 Å². The van der Waals surface area contributed by atoms with E-state index in [4.69, 9.17) is 5.73 Å². The fourth-order valence-electron chi connectivity index (χ4n) is 1.98. The Hall–Kier alpha value is -0.570. The van der Waals surface area contributed by atoms with Gasteiger partial charge in [-0.25, -0.2) is 0 Å². The van der Waals surface area contributed by atoms with Gasteiger partial charge in [-0.2, -0.15) is 0 Å². The predicted molar refractivity (Wildman–Crippen MR) is 78.4 cm³/mol. The van der Waals surface area contributed by atoms with E-state index in [0.717, 1.165) is 19.4 Å². The standard InChI is InChI=1S/C15H32N2O/c1-13(2)14(3)17(4)15(18)11-9-7-5-6-8-10-12-16/h13-14H,5-12,16H2,1-4H3. The van der Waals surface area contributed by atoms with Crippen LogP contribution < -0.4 is 5.73 Å². The van der Waals surface area contributed by atoms with Gasteiger partial charge in [0.05, 0.1) is 0 Å². The maximum absolute atomic E-state index is 11.9. The fourth-order valence-corrected chi connectivity index (χ4v) is 1.98. The Morgan fingerprint density at radius 1 is 1.00 bits per heavy atom. The topological polar surface area (TPSA) is 46.3 Å². The number of rotatable bonds is 10. The molecule has 0 bridgehead atoms. The van der Waals surface area contributed by atoms with Crippen LogP contribution in [0.5, 0.6) is 0 Å². The van der Waals surface area contributed by atoms with Crippen LogP contribution in [0.4, 0.5) is 0 Å². The van der Waals surface area contributed by atoms with Crippen molar-refractivity contribution < 1.29 is 4.79 Å². The lowest BCUT2D eigenvalue weighted by Crippen LogP contribution is -2.38. The summed E-state index contributed by atoms with van der Waals surface area (Å²) in [6.07, 6.45) is 7.74. The largest absolute Gasteiger partial charge is 0.343 e. The molecule has 1 unspecified atom stereocenters. The maximum Gasteiger partial charge on any atom is 0.222 e. The van der Waals surface area contributed by atoms with Gasteiger partial charge in [0.25, 0.3) is 0 Å². The summed E-state index contributed by atoms with van der Waals surface area (Å²) in [5.41, 5.74) is 5.44. The van der Waals surface area contributed by atoms with Crippen LogP contribution in [-0.2, 0) is 4.79 Å². The zero-order valence-corrected chi connectivity index (χ0v) is 12.7. The normalized spacial score (nSPS) is 12.8. The summed E-state index contributed by atoms with van der Waals surface area (Å²) < 4.78 is 0. The summed E-state index contributed by atoms with van der Waals surface area (Å²) in [5, 5.41) is 0. The first-order valence-corrected chi connectivity index (χ1v) is 7.46. The zero-order valence-electron chi connectivity index (χ0n) is 12.7. The minimum Gasteiger partial charge on any atom is -0.343 e. The lowest BCUT2D eigenvalue weighted by Gasteiger charge is -2.28. The molecule has 108 valence electrons. The van der Waals surface area contributed by atoms with Gasteiger partial charge in [-0.3, -0.25) is 4.79 Å². The number of carbonyl (C=O) groups is 1. The van der Waals surface area contributed by atoms with E-state index in [1.807, 2.05) is 11.9 Å². The van der Waals surface area contributed by atoms with Crippen LogP contribution in [0.3, 0.4) is 0 Å². The van der Waals surface area contributed by atoms with Crippen LogP contribution in [0.25, 0.3) is 0 Å². The maximum atomic E-state index is 11.9. The van der Waals surface area contributed by atoms with Crippen molar-refractivity contribution in [2.24, 2.45) is 11.7 Å². The highest BCUT2D eigenvalue weighted by molar-refractivity contribution is 5.76. The van der Waals surface area contributed by atoms with Crippen molar-refractivity contribution in [3.63, 3.8) is 0 Å². The summed E-state index contributed by atoms with van der Waals surface area (Å²) in [6, 6.07) is 0.335. The molecule has 0 fully saturated rings. The van der Waals surface area contributed by atoms with Crippen LogP contribution in [0.1, 0.15) is 65.7 Å². The minimum absolute atomic E-state index is 0.290. The Balaban J connectivity index is 3.58.